The second-order valence-electron chi connectivity index (χ2n) is 3.75. The van der Waals surface area contributed by atoms with Crippen LogP contribution in [0, 0.1) is 0 Å². The van der Waals surface area contributed by atoms with Crippen molar-refractivity contribution in [3.05, 3.63) is 39.3 Å². The maximum atomic E-state index is 6.20. The fourth-order valence-electron chi connectivity index (χ4n) is 1.79. The summed E-state index contributed by atoms with van der Waals surface area (Å²) in [5.74, 6) is 5.65. The summed E-state index contributed by atoms with van der Waals surface area (Å²) < 4.78 is 6.87. The molecule has 1 unspecified atom stereocenters. The van der Waals surface area contributed by atoms with Gasteiger partial charge in [0, 0.05) is 7.11 Å². The lowest BCUT2D eigenvalue weighted by Gasteiger charge is -2.17. The van der Waals surface area contributed by atoms with Crippen molar-refractivity contribution in [3.63, 3.8) is 0 Å². The van der Waals surface area contributed by atoms with Gasteiger partial charge in [0.2, 0.25) is 0 Å². The molecule has 0 saturated heterocycles. The number of hydrogen-bond donors (Lipinski definition) is 2. The van der Waals surface area contributed by atoms with E-state index in [0.717, 1.165) is 11.3 Å². The number of halogens is 1. The van der Waals surface area contributed by atoms with Gasteiger partial charge in [-0.1, -0.05) is 11.6 Å². The van der Waals surface area contributed by atoms with E-state index in [4.69, 9.17) is 22.2 Å². The zero-order valence-corrected chi connectivity index (χ0v) is 11.5. The third-order valence-corrected chi connectivity index (χ3v) is 3.65. The smallest absolute Gasteiger partial charge is 0.0901 e. The lowest BCUT2D eigenvalue weighted by Crippen LogP contribution is -2.31. The Labute approximate surface area is 114 Å². The number of thiophene rings is 1. The van der Waals surface area contributed by atoms with E-state index < -0.39 is 0 Å². The molecule has 0 bridgehead atoms. The Morgan fingerprint density at radius 1 is 1.67 bits per heavy atom. The van der Waals surface area contributed by atoms with Gasteiger partial charge in [-0.25, -0.2) is 5.43 Å². The van der Waals surface area contributed by atoms with Crippen molar-refractivity contribution >= 4 is 22.9 Å². The first kappa shape index (κ1) is 13.5. The number of aromatic nitrogens is 2. The van der Waals surface area contributed by atoms with Crippen molar-refractivity contribution in [2.75, 3.05) is 13.7 Å². The van der Waals surface area contributed by atoms with Gasteiger partial charge in [0.05, 0.1) is 36.1 Å². The summed E-state index contributed by atoms with van der Waals surface area (Å²) >= 11 is 7.82. The van der Waals surface area contributed by atoms with E-state index in [2.05, 4.69) is 10.5 Å². The molecule has 2 aromatic heterocycles. The average molecular weight is 287 g/mol. The van der Waals surface area contributed by atoms with Gasteiger partial charge in [-0.2, -0.15) is 16.4 Å². The summed E-state index contributed by atoms with van der Waals surface area (Å²) in [7, 11) is 1.66. The molecule has 5 nitrogen and oxygen atoms in total. The number of rotatable bonds is 6. The van der Waals surface area contributed by atoms with Crippen molar-refractivity contribution in [2.24, 2.45) is 5.84 Å². The first-order chi connectivity index (χ1) is 8.77. The van der Waals surface area contributed by atoms with E-state index in [1.807, 2.05) is 21.5 Å². The molecular formula is C11H15ClN4OS. The zero-order valence-electron chi connectivity index (χ0n) is 9.97. The number of methoxy groups -OCH3 is 1. The minimum atomic E-state index is -0.164. The molecule has 98 valence electrons. The summed E-state index contributed by atoms with van der Waals surface area (Å²) in [6.07, 6.45) is 1.63. The SMILES string of the molecule is COCCn1ncc(Cl)c1C(NN)c1ccsc1. The number of ether oxygens (including phenoxy) is 1. The van der Waals surface area contributed by atoms with Crippen LogP contribution in [0.3, 0.4) is 0 Å². The lowest BCUT2D eigenvalue weighted by atomic mass is 10.1. The molecule has 18 heavy (non-hydrogen) atoms. The second-order valence-corrected chi connectivity index (χ2v) is 4.94. The fourth-order valence-corrected chi connectivity index (χ4v) is 2.72. The van der Waals surface area contributed by atoms with E-state index in [1.165, 1.54) is 0 Å². The molecule has 0 aliphatic carbocycles. The maximum Gasteiger partial charge on any atom is 0.0901 e. The third-order valence-electron chi connectivity index (χ3n) is 2.66. The van der Waals surface area contributed by atoms with E-state index >= 15 is 0 Å². The summed E-state index contributed by atoms with van der Waals surface area (Å²) in [5.41, 5.74) is 4.71. The quantitative estimate of drug-likeness (QED) is 0.628. The second kappa shape index (κ2) is 6.31. The van der Waals surface area contributed by atoms with Crippen LogP contribution >= 0.6 is 22.9 Å². The summed E-state index contributed by atoms with van der Waals surface area (Å²) in [5, 5.41) is 8.88. The van der Waals surface area contributed by atoms with Gasteiger partial charge in [-0.15, -0.1) is 0 Å². The Balaban J connectivity index is 2.32. The highest BCUT2D eigenvalue weighted by Gasteiger charge is 2.21. The zero-order chi connectivity index (χ0) is 13.0. The molecule has 2 heterocycles. The highest BCUT2D eigenvalue weighted by molar-refractivity contribution is 7.08. The topological polar surface area (TPSA) is 65.1 Å². The highest BCUT2D eigenvalue weighted by Crippen LogP contribution is 2.28. The van der Waals surface area contributed by atoms with Crippen LogP contribution < -0.4 is 11.3 Å². The molecule has 0 aliphatic rings. The summed E-state index contributed by atoms with van der Waals surface area (Å²) in [6, 6.07) is 1.85. The van der Waals surface area contributed by atoms with Crippen molar-refractivity contribution in [3.8, 4) is 0 Å². The molecule has 2 aromatic rings. The van der Waals surface area contributed by atoms with Gasteiger partial charge in [0.25, 0.3) is 0 Å². The number of hydrogen-bond acceptors (Lipinski definition) is 5. The summed E-state index contributed by atoms with van der Waals surface area (Å²) in [6.45, 7) is 1.22. The Morgan fingerprint density at radius 3 is 3.11 bits per heavy atom. The van der Waals surface area contributed by atoms with E-state index in [1.54, 1.807) is 24.6 Å². The van der Waals surface area contributed by atoms with E-state index in [0.29, 0.717) is 18.2 Å². The standard InChI is InChI=1S/C11H15ClN4OS/c1-17-4-3-16-11(9(12)6-14-16)10(15-13)8-2-5-18-7-8/h2,5-7,10,15H,3-4,13H2,1H3. The summed E-state index contributed by atoms with van der Waals surface area (Å²) in [4.78, 5) is 0. The van der Waals surface area contributed by atoms with Gasteiger partial charge in [-0.05, 0) is 22.4 Å². The van der Waals surface area contributed by atoms with Crippen LogP contribution in [0.5, 0.6) is 0 Å². The third kappa shape index (κ3) is 2.73. The van der Waals surface area contributed by atoms with Crippen LogP contribution in [0.25, 0.3) is 0 Å². The van der Waals surface area contributed by atoms with Gasteiger partial charge in [-0.3, -0.25) is 10.5 Å². The molecule has 0 spiro atoms. The van der Waals surface area contributed by atoms with Crippen molar-refractivity contribution in [1.29, 1.82) is 0 Å². The van der Waals surface area contributed by atoms with Crippen LogP contribution in [0.15, 0.2) is 23.0 Å². The Hall–Kier alpha value is -0.920. The number of nitrogens with one attached hydrogen (secondary N) is 1. The largest absolute Gasteiger partial charge is 0.383 e. The molecule has 0 aliphatic heterocycles. The van der Waals surface area contributed by atoms with Crippen molar-refractivity contribution in [2.45, 2.75) is 12.6 Å². The molecule has 0 radical (unpaired) electrons. The van der Waals surface area contributed by atoms with Crippen molar-refractivity contribution < 1.29 is 4.74 Å². The van der Waals surface area contributed by atoms with Crippen LogP contribution in [0.4, 0.5) is 0 Å². The average Bonchev–Trinajstić information content (AvgIpc) is 3.00. The lowest BCUT2D eigenvalue weighted by molar-refractivity contribution is 0.182. The van der Waals surface area contributed by atoms with Gasteiger partial charge < -0.3 is 4.74 Å². The fraction of sp³-hybridized carbons (Fsp3) is 0.364. The molecule has 0 amide bonds. The molecule has 3 N–H and O–H groups in total. The predicted molar refractivity (Wildman–Crippen MR) is 72.6 cm³/mol. The Kier molecular flexibility index (Phi) is 4.73. The van der Waals surface area contributed by atoms with Crippen LogP contribution in [-0.4, -0.2) is 23.5 Å². The normalized spacial score (nSPS) is 12.8. The van der Waals surface area contributed by atoms with Crippen molar-refractivity contribution in [1.82, 2.24) is 15.2 Å². The number of hydrazine groups is 1. The first-order valence-electron chi connectivity index (χ1n) is 5.46. The van der Waals surface area contributed by atoms with Crippen LogP contribution in [0.2, 0.25) is 5.02 Å². The van der Waals surface area contributed by atoms with Gasteiger partial charge in [0.1, 0.15) is 0 Å². The predicted octanol–water partition coefficient (Wildman–Crippen LogP) is 1.80. The van der Waals surface area contributed by atoms with Crippen LogP contribution in [-0.2, 0) is 11.3 Å². The number of nitrogens with two attached hydrogens (primary N) is 1. The molecule has 0 aromatic carbocycles. The Bertz CT molecular complexity index is 485. The molecule has 7 heteroatoms. The molecule has 0 fully saturated rings. The monoisotopic (exact) mass is 286 g/mol. The van der Waals surface area contributed by atoms with E-state index in [-0.39, 0.29) is 6.04 Å². The molecular weight excluding hydrogens is 272 g/mol. The minimum absolute atomic E-state index is 0.164. The maximum absolute atomic E-state index is 6.20. The van der Waals surface area contributed by atoms with Gasteiger partial charge >= 0.3 is 0 Å². The number of nitrogens with zero attached hydrogens (tertiary/aromatic N) is 2. The van der Waals surface area contributed by atoms with Gasteiger partial charge in [0.15, 0.2) is 0 Å². The van der Waals surface area contributed by atoms with E-state index in [9.17, 15) is 0 Å². The molecule has 2 rings (SSSR count). The minimum Gasteiger partial charge on any atom is -0.383 e. The van der Waals surface area contributed by atoms with Crippen LogP contribution in [0.1, 0.15) is 17.3 Å². The highest BCUT2D eigenvalue weighted by atomic mass is 35.5. The molecule has 1 atom stereocenters. The Morgan fingerprint density at radius 2 is 2.50 bits per heavy atom. The first-order valence-corrected chi connectivity index (χ1v) is 6.78. The molecule has 0 saturated carbocycles.